The van der Waals surface area contributed by atoms with Crippen LogP contribution in [-0.4, -0.2) is 46.8 Å². The molecule has 2 heterocycles. The lowest BCUT2D eigenvalue weighted by Gasteiger charge is -2.40. The quantitative estimate of drug-likeness (QED) is 0.849. The predicted molar refractivity (Wildman–Crippen MR) is 74.9 cm³/mol. The van der Waals surface area contributed by atoms with Gasteiger partial charge in [-0.3, -0.25) is 4.90 Å². The van der Waals surface area contributed by atoms with Crippen LogP contribution in [-0.2, 0) is 6.42 Å². The van der Waals surface area contributed by atoms with Gasteiger partial charge in [-0.2, -0.15) is 4.98 Å². The van der Waals surface area contributed by atoms with Crippen LogP contribution in [0.15, 0.2) is 10.9 Å². The van der Waals surface area contributed by atoms with Gasteiger partial charge >= 0.3 is 0 Å². The maximum Gasteiger partial charge on any atom is 0.213 e. The molecule has 5 heteroatoms. The van der Waals surface area contributed by atoms with Gasteiger partial charge in [-0.05, 0) is 18.8 Å². The van der Waals surface area contributed by atoms with Crippen molar-refractivity contribution in [1.82, 2.24) is 20.4 Å². The van der Waals surface area contributed by atoms with Crippen LogP contribution in [0.3, 0.4) is 0 Å². The smallest absolute Gasteiger partial charge is 0.213 e. The van der Waals surface area contributed by atoms with Crippen molar-refractivity contribution in [2.75, 3.05) is 19.6 Å². The molecule has 1 aromatic heterocycles. The molecule has 5 nitrogen and oxygen atoms in total. The standard InChI is InChI=1S/C14H26N4O/c1-4-13-8-15-12(7-11(2)3)9-18(13)6-5-14-16-10-19-17-14/h10-13,15H,4-9H2,1-3H3. The Labute approximate surface area is 115 Å². The lowest BCUT2D eigenvalue weighted by molar-refractivity contribution is 0.119. The van der Waals surface area contributed by atoms with E-state index in [1.807, 2.05) is 0 Å². The minimum absolute atomic E-state index is 0.619. The Hall–Kier alpha value is -0.940. The average Bonchev–Trinajstić information content (AvgIpc) is 2.89. The highest BCUT2D eigenvalue weighted by molar-refractivity contribution is 4.88. The maximum absolute atomic E-state index is 4.79. The lowest BCUT2D eigenvalue weighted by atomic mass is 9.99. The van der Waals surface area contributed by atoms with Crippen LogP contribution in [0.2, 0.25) is 0 Å². The lowest BCUT2D eigenvalue weighted by Crippen LogP contribution is -2.56. The van der Waals surface area contributed by atoms with Gasteiger partial charge in [0.25, 0.3) is 0 Å². The van der Waals surface area contributed by atoms with Crippen molar-refractivity contribution in [2.24, 2.45) is 5.92 Å². The molecule has 2 unspecified atom stereocenters. The maximum atomic E-state index is 4.79. The molecule has 2 atom stereocenters. The van der Waals surface area contributed by atoms with Crippen molar-refractivity contribution in [1.29, 1.82) is 0 Å². The second-order valence-corrected chi connectivity index (χ2v) is 5.89. The number of nitrogens with one attached hydrogen (secondary N) is 1. The molecule has 1 saturated heterocycles. The fourth-order valence-corrected chi connectivity index (χ4v) is 2.88. The fraction of sp³-hybridized carbons (Fsp3) is 0.857. The van der Waals surface area contributed by atoms with E-state index in [2.05, 4.69) is 41.1 Å². The third-order valence-electron chi connectivity index (χ3n) is 3.87. The molecule has 0 aromatic carbocycles. The van der Waals surface area contributed by atoms with Crippen LogP contribution >= 0.6 is 0 Å². The van der Waals surface area contributed by atoms with Crippen molar-refractivity contribution in [3.05, 3.63) is 12.2 Å². The molecular weight excluding hydrogens is 240 g/mol. The van der Waals surface area contributed by atoms with E-state index in [0.717, 1.165) is 37.8 Å². The highest BCUT2D eigenvalue weighted by Crippen LogP contribution is 2.15. The molecule has 1 fully saturated rings. The monoisotopic (exact) mass is 266 g/mol. The van der Waals surface area contributed by atoms with E-state index in [1.54, 1.807) is 0 Å². The van der Waals surface area contributed by atoms with E-state index < -0.39 is 0 Å². The number of hydrogen-bond donors (Lipinski definition) is 1. The number of piperazine rings is 1. The Morgan fingerprint density at radius 2 is 2.37 bits per heavy atom. The Balaban J connectivity index is 1.86. The third-order valence-corrected chi connectivity index (χ3v) is 3.87. The van der Waals surface area contributed by atoms with E-state index in [0.29, 0.717) is 12.1 Å². The summed E-state index contributed by atoms with van der Waals surface area (Å²) in [5.74, 6) is 1.56. The second-order valence-electron chi connectivity index (χ2n) is 5.89. The van der Waals surface area contributed by atoms with Gasteiger partial charge in [0, 0.05) is 38.1 Å². The van der Waals surface area contributed by atoms with E-state index in [-0.39, 0.29) is 0 Å². The van der Waals surface area contributed by atoms with Crippen molar-refractivity contribution in [3.63, 3.8) is 0 Å². The normalized spacial score (nSPS) is 25.1. The van der Waals surface area contributed by atoms with Crippen molar-refractivity contribution in [3.8, 4) is 0 Å². The average molecular weight is 266 g/mol. The Kier molecular flexibility index (Phi) is 5.34. The molecule has 0 aliphatic carbocycles. The first-order valence-electron chi connectivity index (χ1n) is 7.41. The molecule has 108 valence electrons. The van der Waals surface area contributed by atoms with Crippen LogP contribution in [0.4, 0.5) is 0 Å². The van der Waals surface area contributed by atoms with Gasteiger partial charge in [0.1, 0.15) is 0 Å². The summed E-state index contributed by atoms with van der Waals surface area (Å²) in [6.07, 6.45) is 4.72. The predicted octanol–water partition coefficient (Wildman–Crippen LogP) is 1.71. The SMILES string of the molecule is CCC1CNC(CC(C)C)CN1CCc1ncon1. The van der Waals surface area contributed by atoms with Gasteiger partial charge in [-0.25, -0.2) is 0 Å². The van der Waals surface area contributed by atoms with Gasteiger partial charge in [0.05, 0.1) is 0 Å². The van der Waals surface area contributed by atoms with Crippen LogP contribution in [0.5, 0.6) is 0 Å². The Bertz CT molecular complexity index is 352. The second kappa shape index (κ2) is 7.01. The Morgan fingerprint density at radius 3 is 3.00 bits per heavy atom. The Morgan fingerprint density at radius 1 is 1.53 bits per heavy atom. The molecule has 19 heavy (non-hydrogen) atoms. The summed E-state index contributed by atoms with van der Waals surface area (Å²) in [5.41, 5.74) is 0. The van der Waals surface area contributed by atoms with Crippen molar-refractivity contribution in [2.45, 2.75) is 52.1 Å². The molecule has 1 aliphatic rings. The van der Waals surface area contributed by atoms with Crippen molar-refractivity contribution < 1.29 is 4.52 Å². The summed E-state index contributed by atoms with van der Waals surface area (Å²) in [7, 11) is 0. The van der Waals surface area contributed by atoms with Gasteiger partial charge in [-0.15, -0.1) is 0 Å². The summed E-state index contributed by atoms with van der Waals surface area (Å²) >= 11 is 0. The first kappa shape index (κ1) is 14.5. The summed E-state index contributed by atoms with van der Waals surface area (Å²) in [5, 5.41) is 7.57. The van der Waals surface area contributed by atoms with E-state index in [4.69, 9.17) is 4.52 Å². The van der Waals surface area contributed by atoms with Crippen LogP contribution < -0.4 is 5.32 Å². The van der Waals surface area contributed by atoms with Gasteiger partial charge < -0.3 is 9.84 Å². The first-order chi connectivity index (χ1) is 9.19. The molecule has 1 aliphatic heterocycles. The zero-order valence-electron chi connectivity index (χ0n) is 12.3. The van der Waals surface area contributed by atoms with Gasteiger partial charge in [0.15, 0.2) is 5.82 Å². The number of rotatable bonds is 6. The minimum Gasteiger partial charge on any atom is -0.343 e. The highest BCUT2D eigenvalue weighted by Gasteiger charge is 2.26. The van der Waals surface area contributed by atoms with E-state index in [1.165, 1.54) is 19.2 Å². The number of nitrogens with zero attached hydrogens (tertiary/aromatic N) is 3. The van der Waals surface area contributed by atoms with Crippen molar-refractivity contribution >= 4 is 0 Å². The molecule has 0 radical (unpaired) electrons. The first-order valence-corrected chi connectivity index (χ1v) is 7.41. The third kappa shape index (κ3) is 4.28. The fourth-order valence-electron chi connectivity index (χ4n) is 2.88. The van der Waals surface area contributed by atoms with Crippen LogP contribution in [0.1, 0.15) is 39.4 Å². The molecule has 0 spiro atoms. The minimum atomic E-state index is 0.619. The molecule has 0 bridgehead atoms. The zero-order valence-corrected chi connectivity index (χ0v) is 12.3. The van der Waals surface area contributed by atoms with Gasteiger partial charge in [0.2, 0.25) is 6.39 Å². The summed E-state index contributed by atoms with van der Waals surface area (Å²) in [6, 6.07) is 1.25. The largest absolute Gasteiger partial charge is 0.343 e. The van der Waals surface area contributed by atoms with E-state index >= 15 is 0 Å². The highest BCUT2D eigenvalue weighted by atomic mass is 16.5. The molecule has 1 aromatic rings. The number of hydrogen-bond acceptors (Lipinski definition) is 5. The molecule has 1 N–H and O–H groups in total. The summed E-state index contributed by atoms with van der Waals surface area (Å²) in [6.45, 7) is 10.1. The van der Waals surface area contributed by atoms with Crippen LogP contribution in [0.25, 0.3) is 0 Å². The zero-order chi connectivity index (χ0) is 13.7. The molecular formula is C14H26N4O. The molecule has 0 amide bonds. The molecule has 2 rings (SSSR count). The molecule has 0 saturated carbocycles. The van der Waals surface area contributed by atoms with E-state index in [9.17, 15) is 0 Å². The topological polar surface area (TPSA) is 54.2 Å². The number of aromatic nitrogens is 2. The summed E-state index contributed by atoms with van der Waals surface area (Å²) < 4.78 is 4.79. The van der Waals surface area contributed by atoms with Crippen LogP contribution in [0, 0.1) is 5.92 Å². The van der Waals surface area contributed by atoms with Gasteiger partial charge in [-0.1, -0.05) is 25.9 Å². The summed E-state index contributed by atoms with van der Waals surface area (Å²) in [4.78, 5) is 6.68.